The summed E-state index contributed by atoms with van der Waals surface area (Å²) in [6.07, 6.45) is 0. The molecule has 1 N–H and O–H groups in total. The van der Waals surface area contributed by atoms with Crippen molar-refractivity contribution in [2.75, 3.05) is 18.4 Å². The molecule has 1 amide bonds. The third-order valence-electron chi connectivity index (χ3n) is 3.86. The summed E-state index contributed by atoms with van der Waals surface area (Å²) in [6, 6.07) is 4.14. The number of carbonyl (C=O) groups is 1. The Morgan fingerprint density at radius 3 is 2.50 bits per heavy atom. The number of nitrogens with one attached hydrogen (secondary N) is 1. The maximum atomic E-state index is 12.7. The molecule has 142 valence electrons. The van der Waals surface area contributed by atoms with Crippen LogP contribution in [0.5, 0.6) is 0 Å². The summed E-state index contributed by atoms with van der Waals surface area (Å²) in [5.74, 6) is -0.237. The molecule has 0 aliphatic carbocycles. The largest absolute Gasteiger partial charge is 0.298 e. The summed E-state index contributed by atoms with van der Waals surface area (Å²) < 4.78 is 26.6. The standard InChI is InChI=1S/C17H22ClN3O3S2/c1-5-21(6-2)26(23,24)12-7-8-14(18)13(9-12)16(22)20-17-19-15(10-25-17)11(3)4/h7-11H,5-6H2,1-4H3,(H,19,20,22). The van der Waals surface area contributed by atoms with E-state index in [9.17, 15) is 13.2 Å². The lowest BCUT2D eigenvalue weighted by atomic mass is 10.2. The molecule has 2 aromatic rings. The SMILES string of the molecule is CCN(CC)S(=O)(=O)c1ccc(Cl)c(C(=O)Nc2nc(C(C)C)cs2)c1. The number of anilines is 1. The van der Waals surface area contributed by atoms with Gasteiger partial charge in [0.05, 0.1) is 21.2 Å². The van der Waals surface area contributed by atoms with E-state index in [1.165, 1.54) is 33.8 Å². The molecule has 0 saturated carbocycles. The number of hydrogen-bond donors (Lipinski definition) is 1. The predicted octanol–water partition coefficient (Wildman–Crippen LogP) is 4.20. The third kappa shape index (κ3) is 4.43. The van der Waals surface area contributed by atoms with Crippen molar-refractivity contribution in [3.8, 4) is 0 Å². The number of thiazole rings is 1. The van der Waals surface area contributed by atoms with Crippen molar-refractivity contribution < 1.29 is 13.2 Å². The average Bonchev–Trinajstić information content (AvgIpc) is 3.04. The van der Waals surface area contributed by atoms with Crippen LogP contribution in [0, 0.1) is 0 Å². The van der Waals surface area contributed by atoms with Gasteiger partial charge >= 0.3 is 0 Å². The van der Waals surface area contributed by atoms with E-state index in [0.29, 0.717) is 18.2 Å². The number of amides is 1. The fraction of sp³-hybridized carbons (Fsp3) is 0.412. The number of sulfonamides is 1. The van der Waals surface area contributed by atoms with Crippen molar-refractivity contribution in [2.45, 2.75) is 38.5 Å². The first-order valence-electron chi connectivity index (χ1n) is 8.27. The zero-order chi connectivity index (χ0) is 19.5. The molecule has 0 spiro atoms. The first-order chi connectivity index (χ1) is 12.2. The van der Waals surface area contributed by atoms with Crippen molar-refractivity contribution in [3.05, 3.63) is 39.9 Å². The number of benzene rings is 1. The molecular formula is C17H22ClN3O3S2. The maximum Gasteiger partial charge on any atom is 0.259 e. The Labute approximate surface area is 163 Å². The molecule has 0 saturated heterocycles. The number of carbonyl (C=O) groups excluding carboxylic acids is 1. The molecule has 2 rings (SSSR count). The molecule has 9 heteroatoms. The third-order valence-corrected chi connectivity index (χ3v) is 7.01. The van der Waals surface area contributed by atoms with Crippen molar-refractivity contribution in [3.63, 3.8) is 0 Å². The molecule has 0 atom stereocenters. The molecule has 0 bridgehead atoms. The van der Waals surface area contributed by atoms with Crippen LogP contribution in [0.2, 0.25) is 5.02 Å². The van der Waals surface area contributed by atoms with Gasteiger partial charge in [-0.2, -0.15) is 4.31 Å². The van der Waals surface area contributed by atoms with Crippen molar-refractivity contribution in [2.24, 2.45) is 0 Å². The molecule has 6 nitrogen and oxygen atoms in total. The van der Waals surface area contributed by atoms with E-state index in [4.69, 9.17) is 11.6 Å². The summed E-state index contributed by atoms with van der Waals surface area (Å²) >= 11 is 7.44. The first kappa shape index (κ1) is 20.8. The van der Waals surface area contributed by atoms with Gasteiger partial charge in [-0.1, -0.05) is 39.3 Å². The second-order valence-corrected chi connectivity index (χ2v) is 9.12. The summed E-state index contributed by atoms with van der Waals surface area (Å²) in [4.78, 5) is 17.0. The maximum absolute atomic E-state index is 12.7. The average molecular weight is 416 g/mol. The molecular weight excluding hydrogens is 394 g/mol. The van der Waals surface area contributed by atoms with Crippen LogP contribution in [-0.2, 0) is 10.0 Å². The summed E-state index contributed by atoms with van der Waals surface area (Å²) in [5.41, 5.74) is 0.982. The Morgan fingerprint density at radius 1 is 1.31 bits per heavy atom. The van der Waals surface area contributed by atoms with Crippen molar-refractivity contribution in [1.82, 2.24) is 9.29 Å². The zero-order valence-corrected chi connectivity index (χ0v) is 17.5. The van der Waals surface area contributed by atoms with E-state index in [1.54, 1.807) is 13.8 Å². The quantitative estimate of drug-likeness (QED) is 0.734. The highest BCUT2D eigenvalue weighted by Gasteiger charge is 2.24. The van der Waals surface area contributed by atoms with E-state index >= 15 is 0 Å². The molecule has 1 aromatic carbocycles. The monoisotopic (exact) mass is 415 g/mol. The van der Waals surface area contributed by atoms with E-state index in [-0.39, 0.29) is 21.4 Å². The van der Waals surface area contributed by atoms with Gasteiger partial charge in [0, 0.05) is 18.5 Å². The Morgan fingerprint density at radius 2 is 1.96 bits per heavy atom. The Hall–Kier alpha value is -1.48. The van der Waals surface area contributed by atoms with Gasteiger partial charge in [0.15, 0.2) is 5.13 Å². The number of nitrogens with zero attached hydrogens (tertiary/aromatic N) is 2. The summed E-state index contributed by atoms with van der Waals surface area (Å²) in [7, 11) is -3.67. The van der Waals surface area contributed by atoms with Gasteiger partial charge < -0.3 is 0 Å². The predicted molar refractivity (Wildman–Crippen MR) is 106 cm³/mol. The van der Waals surface area contributed by atoms with Crippen LogP contribution in [0.15, 0.2) is 28.5 Å². The van der Waals surface area contributed by atoms with E-state index < -0.39 is 15.9 Å². The fourth-order valence-corrected chi connectivity index (χ4v) is 4.88. The number of aromatic nitrogens is 1. The van der Waals surface area contributed by atoms with Gasteiger partial charge in [0.25, 0.3) is 5.91 Å². The van der Waals surface area contributed by atoms with E-state index in [1.807, 2.05) is 19.2 Å². The number of hydrogen-bond acceptors (Lipinski definition) is 5. The highest BCUT2D eigenvalue weighted by Crippen LogP contribution is 2.26. The molecule has 1 aromatic heterocycles. The number of rotatable bonds is 7. The number of halogens is 1. The van der Waals surface area contributed by atoms with Crippen LogP contribution in [-0.4, -0.2) is 36.7 Å². The van der Waals surface area contributed by atoms with Crippen molar-refractivity contribution >= 4 is 44.0 Å². The highest BCUT2D eigenvalue weighted by atomic mass is 35.5. The fourth-order valence-electron chi connectivity index (χ4n) is 2.32. The summed E-state index contributed by atoms with van der Waals surface area (Å²) in [5, 5.41) is 5.20. The smallest absolute Gasteiger partial charge is 0.259 e. The van der Waals surface area contributed by atoms with Crippen molar-refractivity contribution in [1.29, 1.82) is 0 Å². The molecule has 0 aliphatic rings. The zero-order valence-electron chi connectivity index (χ0n) is 15.1. The Kier molecular flexibility index (Phi) is 6.79. The lowest BCUT2D eigenvalue weighted by Gasteiger charge is -2.19. The normalized spacial score (nSPS) is 12.0. The van der Waals surface area contributed by atoms with Gasteiger partial charge in [-0.05, 0) is 24.1 Å². The second kappa shape index (κ2) is 8.47. The minimum absolute atomic E-state index is 0.0396. The van der Waals surface area contributed by atoms with Crippen LogP contribution in [0.4, 0.5) is 5.13 Å². The molecule has 26 heavy (non-hydrogen) atoms. The van der Waals surface area contributed by atoms with Gasteiger partial charge in [0.2, 0.25) is 10.0 Å². The molecule has 0 unspecified atom stereocenters. The van der Waals surface area contributed by atoms with E-state index in [0.717, 1.165) is 5.69 Å². The Balaban J connectivity index is 2.32. The first-order valence-corrected chi connectivity index (χ1v) is 11.0. The van der Waals surface area contributed by atoms with Crippen LogP contribution in [0.3, 0.4) is 0 Å². The molecule has 0 aliphatic heterocycles. The van der Waals surface area contributed by atoms with Crippen LogP contribution in [0.25, 0.3) is 0 Å². The van der Waals surface area contributed by atoms with E-state index in [2.05, 4.69) is 10.3 Å². The summed E-state index contributed by atoms with van der Waals surface area (Å²) in [6.45, 7) is 8.25. The molecule has 1 heterocycles. The molecule has 0 radical (unpaired) electrons. The molecule has 0 fully saturated rings. The lowest BCUT2D eigenvalue weighted by molar-refractivity contribution is 0.102. The van der Waals surface area contributed by atoms with Crippen LogP contribution >= 0.6 is 22.9 Å². The lowest BCUT2D eigenvalue weighted by Crippen LogP contribution is -2.30. The van der Waals surface area contributed by atoms with Crippen LogP contribution < -0.4 is 5.32 Å². The Bertz CT molecular complexity index is 890. The second-order valence-electron chi connectivity index (χ2n) is 5.92. The minimum Gasteiger partial charge on any atom is -0.298 e. The van der Waals surface area contributed by atoms with Gasteiger partial charge in [-0.15, -0.1) is 11.3 Å². The van der Waals surface area contributed by atoms with Gasteiger partial charge in [-0.3, -0.25) is 10.1 Å². The van der Waals surface area contributed by atoms with Crippen LogP contribution in [0.1, 0.15) is 49.7 Å². The van der Waals surface area contributed by atoms with Gasteiger partial charge in [-0.25, -0.2) is 13.4 Å². The highest BCUT2D eigenvalue weighted by molar-refractivity contribution is 7.89. The van der Waals surface area contributed by atoms with Gasteiger partial charge in [0.1, 0.15) is 0 Å². The topological polar surface area (TPSA) is 79.4 Å². The minimum atomic E-state index is -3.67.